The molecule has 2 rings (SSSR count). The minimum atomic E-state index is -0.0644. The SMILES string of the molecule is CCC(C)(C)c1cc(Cc2cc(C)c(O)c(C(C)(C)CC)c2)cc(C)c1O. The Morgan fingerprint density at radius 3 is 1.30 bits per heavy atom. The predicted octanol–water partition coefficient (Wildman–Crippen LogP) is 6.68. The van der Waals surface area contributed by atoms with Crippen LogP contribution in [0.4, 0.5) is 0 Å². The van der Waals surface area contributed by atoms with Gasteiger partial charge in [-0.25, -0.2) is 0 Å². The normalized spacial score (nSPS) is 12.4. The monoisotopic (exact) mass is 368 g/mol. The van der Waals surface area contributed by atoms with Crippen LogP contribution in [0.3, 0.4) is 0 Å². The maximum Gasteiger partial charge on any atom is 0.122 e. The molecule has 0 bridgehead atoms. The van der Waals surface area contributed by atoms with E-state index in [1.807, 2.05) is 13.8 Å². The van der Waals surface area contributed by atoms with Crippen LogP contribution in [0.5, 0.6) is 11.5 Å². The molecule has 0 unspecified atom stereocenters. The summed E-state index contributed by atoms with van der Waals surface area (Å²) in [5.41, 5.74) is 6.16. The fourth-order valence-corrected chi connectivity index (χ4v) is 3.56. The average molecular weight is 369 g/mol. The summed E-state index contributed by atoms with van der Waals surface area (Å²) in [6.45, 7) is 17.0. The smallest absolute Gasteiger partial charge is 0.122 e. The van der Waals surface area contributed by atoms with Gasteiger partial charge in [-0.05, 0) is 66.2 Å². The van der Waals surface area contributed by atoms with Gasteiger partial charge in [0, 0.05) is 11.1 Å². The number of phenols is 2. The molecule has 2 N–H and O–H groups in total. The zero-order chi connectivity index (χ0) is 20.6. The zero-order valence-corrected chi connectivity index (χ0v) is 18.3. The van der Waals surface area contributed by atoms with Crippen LogP contribution in [0.1, 0.15) is 87.8 Å². The van der Waals surface area contributed by atoms with E-state index in [9.17, 15) is 10.2 Å². The summed E-state index contributed by atoms with van der Waals surface area (Å²) in [4.78, 5) is 0. The topological polar surface area (TPSA) is 40.5 Å². The van der Waals surface area contributed by atoms with Crippen LogP contribution in [0.2, 0.25) is 0 Å². The molecular weight excluding hydrogens is 332 g/mol. The molecule has 2 aromatic carbocycles. The van der Waals surface area contributed by atoms with Crippen LogP contribution in [-0.2, 0) is 17.3 Å². The summed E-state index contributed by atoms with van der Waals surface area (Å²) in [5.74, 6) is 0.834. The molecule has 2 aromatic rings. The van der Waals surface area contributed by atoms with Crippen molar-refractivity contribution in [3.05, 3.63) is 57.6 Å². The van der Waals surface area contributed by atoms with Crippen molar-refractivity contribution in [2.45, 2.75) is 85.5 Å². The highest BCUT2D eigenvalue weighted by Crippen LogP contribution is 2.39. The second-order valence-corrected chi connectivity index (χ2v) is 9.27. The van der Waals surface area contributed by atoms with E-state index in [1.54, 1.807) is 0 Å². The van der Waals surface area contributed by atoms with Gasteiger partial charge in [0.1, 0.15) is 11.5 Å². The van der Waals surface area contributed by atoms with Crippen molar-refractivity contribution in [3.63, 3.8) is 0 Å². The molecule has 0 fully saturated rings. The minimum absolute atomic E-state index is 0.0644. The summed E-state index contributed by atoms with van der Waals surface area (Å²) < 4.78 is 0. The largest absolute Gasteiger partial charge is 0.507 e. The fourth-order valence-electron chi connectivity index (χ4n) is 3.56. The molecule has 2 heteroatoms. The van der Waals surface area contributed by atoms with Gasteiger partial charge >= 0.3 is 0 Å². The van der Waals surface area contributed by atoms with Crippen LogP contribution in [-0.4, -0.2) is 10.2 Å². The maximum atomic E-state index is 10.6. The highest BCUT2D eigenvalue weighted by molar-refractivity contribution is 5.50. The molecule has 0 spiro atoms. The number of aromatic hydroxyl groups is 2. The van der Waals surface area contributed by atoms with Gasteiger partial charge in [0.05, 0.1) is 0 Å². The van der Waals surface area contributed by atoms with Crippen molar-refractivity contribution in [1.29, 1.82) is 0 Å². The van der Waals surface area contributed by atoms with E-state index in [-0.39, 0.29) is 10.8 Å². The molecule has 0 atom stereocenters. The molecule has 0 saturated heterocycles. The summed E-state index contributed by atoms with van der Waals surface area (Å²) >= 11 is 0. The molecule has 0 radical (unpaired) electrons. The Balaban J connectivity index is 2.52. The Kier molecular flexibility index (Phi) is 5.99. The highest BCUT2D eigenvalue weighted by atomic mass is 16.3. The average Bonchev–Trinajstić information content (AvgIpc) is 2.60. The highest BCUT2D eigenvalue weighted by Gasteiger charge is 2.25. The first-order valence-electron chi connectivity index (χ1n) is 10.1. The van der Waals surface area contributed by atoms with Gasteiger partial charge in [-0.1, -0.05) is 65.8 Å². The third kappa shape index (κ3) is 4.31. The predicted molar refractivity (Wildman–Crippen MR) is 115 cm³/mol. The lowest BCUT2D eigenvalue weighted by Crippen LogP contribution is -2.17. The Morgan fingerprint density at radius 2 is 1.00 bits per heavy atom. The van der Waals surface area contributed by atoms with Crippen LogP contribution < -0.4 is 0 Å². The maximum absolute atomic E-state index is 10.6. The molecule has 0 heterocycles. The Morgan fingerprint density at radius 1 is 0.667 bits per heavy atom. The number of benzene rings is 2. The quantitative estimate of drug-likeness (QED) is 0.597. The van der Waals surface area contributed by atoms with Crippen molar-refractivity contribution in [1.82, 2.24) is 0 Å². The second kappa shape index (κ2) is 7.58. The summed E-state index contributed by atoms with van der Waals surface area (Å²) in [6.07, 6.45) is 2.73. The fraction of sp³-hybridized carbons (Fsp3) is 0.520. The molecule has 148 valence electrons. The first kappa shape index (κ1) is 21.3. The van der Waals surface area contributed by atoms with E-state index >= 15 is 0 Å². The molecule has 0 amide bonds. The Labute approximate surface area is 165 Å². The van der Waals surface area contributed by atoms with Crippen LogP contribution in [0.25, 0.3) is 0 Å². The zero-order valence-electron chi connectivity index (χ0n) is 18.3. The van der Waals surface area contributed by atoms with Crippen molar-refractivity contribution in [2.75, 3.05) is 0 Å². The van der Waals surface area contributed by atoms with E-state index in [1.165, 1.54) is 11.1 Å². The molecule has 0 aliphatic carbocycles. The first-order valence-corrected chi connectivity index (χ1v) is 10.1. The number of phenolic OH excluding ortho intramolecular Hbond substituents is 2. The van der Waals surface area contributed by atoms with Crippen molar-refractivity contribution < 1.29 is 10.2 Å². The van der Waals surface area contributed by atoms with Crippen molar-refractivity contribution in [3.8, 4) is 11.5 Å². The van der Waals surface area contributed by atoms with Crippen LogP contribution in [0.15, 0.2) is 24.3 Å². The van der Waals surface area contributed by atoms with E-state index in [0.29, 0.717) is 11.5 Å². The third-order valence-corrected chi connectivity index (χ3v) is 6.35. The van der Waals surface area contributed by atoms with E-state index < -0.39 is 0 Å². The molecular formula is C25H36O2. The van der Waals surface area contributed by atoms with Gasteiger partial charge in [-0.15, -0.1) is 0 Å². The van der Waals surface area contributed by atoms with Gasteiger partial charge in [0.15, 0.2) is 0 Å². The molecule has 0 aromatic heterocycles. The summed E-state index contributed by atoms with van der Waals surface area (Å²) in [6, 6.07) is 8.46. The van der Waals surface area contributed by atoms with E-state index in [2.05, 4.69) is 65.8 Å². The van der Waals surface area contributed by atoms with E-state index in [4.69, 9.17) is 0 Å². The standard InChI is InChI=1S/C25H36O2/c1-9-24(5,6)20-14-18(11-16(3)22(20)26)13-19-12-17(4)23(27)21(15-19)25(7,8)10-2/h11-12,14-15,26-27H,9-10,13H2,1-8H3. The number of aryl methyl sites for hydroxylation is 2. The molecule has 2 nitrogen and oxygen atoms in total. The molecule has 0 aliphatic heterocycles. The lowest BCUT2D eigenvalue weighted by atomic mass is 9.78. The first-order chi connectivity index (χ1) is 12.4. The van der Waals surface area contributed by atoms with Crippen molar-refractivity contribution in [2.24, 2.45) is 0 Å². The third-order valence-electron chi connectivity index (χ3n) is 6.35. The minimum Gasteiger partial charge on any atom is -0.507 e. The van der Waals surface area contributed by atoms with Gasteiger partial charge in [-0.3, -0.25) is 0 Å². The number of hydrogen-bond donors (Lipinski definition) is 2. The lowest BCUT2D eigenvalue weighted by molar-refractivity contribution is 0.425. The van der Waals surface area contributed by atoms with Crippen molar-refractivity contribution >= 4 is 0 Å². The van der Waals surface area contributed by atoms with Crippen LogP contribution >= 0.6 is 0 Å². The molecule has 27 heavy (non-hydrogen) atoms. The Bertz CT molecular complexity index is 759. The van der Waals surface area contributed by atoms with Gasteiger partial charge in [-0.2, -0.15) is 0 Å². The molecule has 0 aliphatic rings. The summed E-state index contributed by atoms with van der Waals surface area (Å²) in [7, 11) is 0. The van der Waals surface area contributed by atoms with Gasteiger partial charge in [0.25, 0.3) is 0 Å². The summed E-state index contributed by atoms with van der Waals surface area (Å²) in [5, 5.41) is 21.2. The Hall–Kier alpha value is -1.96. The van der Waals surface area contributed by atoms with E-state index in [0.717, 1.165) is 41.5 Å². The number of hydrogen-bond acceptors (Lipinski definition) is 2. The lowest BCUT2D eigenvalue weighted by Gasteiger charge is -2.27. The van der Waals surface area contributed by atoms with Crippen LogP contribution in [0, 0.1) is 13.8 Å². The van der Waals surface area contributed by atoms with Gasteiger partial charge in [0.2, 0.25) is 0 Å². The van der Waals surface area contributed by atoms with Gasteiger partial charge < -0.3 is 10.2 Å². The second-order valence-electron chi connectivity index (χ2n) is 9.27. The number of rotatable bonds is 6. The molecule has 0 saturated carbocycles.